The summed E-state index contributed by atoms with van der Waals surface area (Å²) in [6.45, 7) is 0. The van der Waals surface area contributed by atoms with Crippen LogP contribution in [0.1, 0.15) is 12.0 Å². The van der Waals surface area contributed by atoms with E-state index in [2.05, 4.69) is 0 Å². The van der Waals surface area contributed by atoms with E-state index in [1.807, 2.05) is 6.07 Å². The lowest BCUT2D eigenvalue weighted by Crippen LogP contribution is -2.22. The molecule has 0 aromatic heterocycles. The molecule has 0 amide bonds. The van der Waals surface area contributed by atoms with Crippen LogP contribution in [0.2, 0.25) is 0 Å². The molecule has 1 aromatic carbocycles. The zero-order valence-electron chi connectivity index (χ0n) is 8.96. The molecule has 1 aliphatic carbocycles. The molecular weight excluding hydrogens is 227 g/mol. The molecule has 4 heteroatoms. The van der Waals surface area contributed by atoms with E-state index in [0.717, 1.165) is 11.6 Å². The van der Waals surface area contributed by atoms with E-state index in [4.69, 9.17) is 5.73 Å². The topological polar surface area (TPSA) is 23.8 Å². The predicted molar refractivity (Wildman–Crippen MR) is 61.0 cm³/mol. The Morgan fingerprint density at radius 2 is 1.76 bits per heavy atom. The van der Waals surface area contributed by atoms with Gasteiger partial charge in [0.1, 0.15) is 0 Å². The average Bonchev–Trinajstić information content (AvgIpc) is 2.29. The lowest BCUT2D eigenvalue weighted by molar-refractivity contribution is -0.160. The molecular formula is C13H11F3N-. The Hall–Kier alpha value is -1.71. The molecule has 0 spiro atoms. The van der Waals surface area contributed by atoms with Gasteiger partial charge in [-0.15, -0.1) is 5.70 Å². The van der Waals surface area contributed by atoms with Crippen molar-refractivity contribution in [3.8, 4) is 0 Å². The first-order valence-corrected chi connectivity index (χ1v) is 5.24. The highest BCUT2D eigenvalue weighted by atomic mass is 19.4. The van der Waals surface area contributed by atoms with Crippen LogP contribution in [0.5, 0.6) is 0 Å². The summed E-state index contributed by atoms with van der Waals surface area (Å²) >= 11 is 0. The molecule has 90 valence electrons. The number of hydrogen-bond acceptors (Lipinski definition) is 0. The minimum Gasteiger partial charge on any atom is -0.698 e. The maximum atomic E-state index is 12.5. The van der Waals surface area contributed by atoms with Gasteiger partial charge in [-0.05, 0) is 17.6 Å². The van der Waals surface area contributed by atoms with Crippen LogP contribution in [0.4, 0.5) is 13.2 Å². The standard InChI is InChI=1S/C13H11F3N/c14-13(15,16)10-6-7-11(12(17)8-10)9-4-2-1-3-5-9/h1-5,7-8,10,17H,6H2/q-1. The first-order valence-electron chi connectivity index (χ1n) is 5.24. The maximum absolute atomic E-state index is 12.5. The number of alkyl halides is 3. The van der Waals surface area contributed by atoms with Crippen molar-refractivity contribution in [3.63, 3.8) is 0 Å². The fraction of sp³-hybridized carbons (Fsp3) is 0.231. The van der Waals surface area contributed by atoms with E-state index >= 15 is 0 Å². The molecule has 1 aromatic rings. The normalized spacial score (nSPS) is 20.8. The highest BCUT2D eigenvalue weighted by Crippen LogP contribution is 2.38. The van der Waals surface area contributed by atoms with E-state index < -0.39 is 12.1 Å². The van der Waals surface area contributed by atoms with Crippen molar-refractivity contribution in [3.05, 3.63) is 59.5 Å². The van der Waals surface area contributed by atoms with Gasteiger partial charge in [-0.2, -0.15) is 13.2 Å². The van der Waals surface area contributed by atoms with Crippen LogP contribution < -0.4 is 0 Å². The van der Waals surface area contributed by atoms with Crippen LogP contribution >= 0.6 is 0 Å². The van der Waals surface area contributed by atoms with Gasteiger partial charge >= 0.3 is 6.18 Å². The highest BCUT2D eigenvalue weighted by Gasteiger charge is 2.37. The molecule has 0 bridgehead atoms. The number of rotatable bonds is 1. The first-order chi connectivity index (χ1) is 7.98. The van der Waals surface area contributed by atoms with Crippen LogP contribution in [-0.2, 0) is 0 Å². The van der Waals surface area contributed by atoms with Gasteiger partial charge in [0.05, 0.1) is 5.92 Å². The molecule has 1 aliphatic rings. The first kappa shape index (κ1) is 11.8. The van der Waals surface area contributed by atoms with Crippen molar-refractivity contribution in [1.82, 2.24) is 0 Å². The zero-order valence-corrected chi connectivity index (χ0v) is 8.96. The third-order valence-electron chi connectivity index (χ3n) is 2.74. The van der Waals surface area contributed by atoms with E-state index in [9.17, 15) is 13.2 Å². The summed E-state index contributed by atoms with van der Waals surface area (Å²) in [5.41, 5.74) is 8.98. The summed E-state index contributed by atoms with van der Waals surface area (Å²) in [5.74, 6) is -1.53. The maximum Gasteiger partial charge on any atom is 0.395 e. The Labute approximate surface area is 97.4 Å². The van der Waals surface area contributed by atoms with Gasteiger partial charge in [0.25, 0.3) is 0 Å². The quantitative estimate of drug-likeness (QED) is 0.683. The Morgan fingerprint density at radius 3 is 2.29 bits per heavy atom. The van der Waals surface area contributed by atoms with Crippen LogP contribution in [0.3, 0.4) is 0 Å². The molecule has 1 nitrogen and oxygen atoms in total. The van der Waals surface area contributed by atoms with Crippen molar-refractivity contribution in [2.45, 2.75) is 12.6 Å². The summed E-state index contributed by atoms with van der Waals surface area (Å²) in [6.07, 6.45) is -1.86. The fourth-order valence-corrected chi connectivity index (χ4v) is 1.83. The van der Waals surface area contributed by atoms with E-state index in [-0.39, 0.29) is 12.1 Å². The number of benzene rings is 1. The molecule has 1 N–H and O–H groups in total. The second-order valence-corrected chi connectivity index (χ2v) is 3.95. The monoisotopic (exact) mass is 238 g/mol. The summed E-state index contributed by atoms with van der Waals surface area (Å²) in [6, 6.07) is 9.03. The summed E-state index contributed by atoms with van der Waals surface area (Å²) in [7, 11) is 0. The number of nitrogens with one attached hydrogen (secondary N) is 1. The zero-order chi connectivity index (χ0) is 12.5. The van der Waals surface area contributed by atoms with Crippen LogP contribution in [-0.4, -0.2) is 6.18 Å². The molecule has 0 radical (unpaired) electrons. The van der Waals surface area contributed by atoms with Gasteiger partial charge in [0.15, 0.2) is 0 Å². The fourth-order valence-electron chi connectivity index (χ4n) is 1.83. The largest absolute Gasteiger partial charge is 0.698 e. The summed E-state index contributed by atoms with van der Waals surface area (Å²) in [5, 5.41) is 0. The lowest BCUT2D eigenvalue weighted by atomic mass is 9.90. The molecule has 0 saturated heterocycles. The van der Waals surface area contributed by atoms with E-state index in [1.165, 1.54) is 6.08 Å². The van der Waals surface area contributed by atoms with E-state index in [0.29, 0.717) is 5.57 Å². The second-order valence-electron chi connectivity index (χ2n) is 3.95. The third-order valence-corrected chi connectivity index (χ3v) is 2.74. The van der Waals surface area contributed by atoms with Crippen molar-refractivity contribution in [2.75, 3.05) is 0 Å². The molecule has 1 atom stereocenters. The molecule has 2 rings (SSSR count). The van der Waals surface area contributed by atoms with Crippen LogP contribution in [0, 0.1) is 5.92 Å². The molecule has 0 fully saturated rings. The molecule has 1 unspecified atom stereocenters. The van der Waals surface area contributed by atoms with Crippen LogP contribution in [0.25, 0.3) is 11.3 Å². The Bertz CT molecular complexity index is 457. The number of hydrogen-bond donors (Lipinski definition) is 0. The minimum atomic E-state index is -4.26. The van der Waals surface area contributed by atoms with Crippen molar-refractivity contribution >= 4 is 5.57 Å². The Kier molecular flexibility index (Phi) is 2.96. The summed E-state index contributed by atoms with van der Waals surface area (Å²) < 4.78 is 37.5. The highest BCUT2D eigenvalue weighted by molar-refractivity contribution is 5.81. The second kappa shape index (κ2) is 4.28. The van der Waals surface area contributed by atoms with E-state index in [1.54, 1.807) is 24.3 Å². The van der Waals surface area contributed by atoms with Gasteiger partial charge in [0.2, 0.25) is 0 Å². The smallest absolute Gasteiger partial charge is 0.395 e. The third kappa shape index (κ3) is 2.52. The number of allylic oxidation sites excluding steroid dienone is 3. The average molecular weight is 238 g/mol. The van der Waals surface area contributed by atoms with Gasteiger partial charge in [-0.25, -0.2) is 0 Å². The predicted octanol–water partition coefficient (Wildman–Crippen LogP) is 4.59. The van der Waals surface area contributed by atoms with Crippen molar-refractivity contribution < 1.29 is 13.2 Å². The number of halogens is 3. The SMILES string of the molecule is [NH-]C1=CC(C(F)(F)F)CC=C1c1ccccc1. The van der Waals surface area contributed by atoms with Gasteiger partial charge in [-0.1, -0.05) is 42.5 Å². The lowest BCUT2D eigenvalue weighted by Gasteiger charge is -2.26. The van der Waals surface area contributed by atoms with Gasteiger partial charge < -0.3 is 5.73 Å². The van der Waals surface area contributed by atoms with Crippen LogP contribution in [0.15, 0.2) is 48.2 Å². The van der Waals surface area contributed by atoms with Gasteiger partial charge in [-0.3, -0.25) is 0 Å². The summed E-state index contributed by atoms with van der Waals surface area (Å²) in [4.78, 5) is 0. The molecule has 0 saturated carbocycles. The molecule has 17 heavy (non-hydrogen) atoms. The minimum absolute atomic E-state index is 0.0511. The van der Waals surface area contributed by atoms with Crippen molar-refractivity contribution in [2.24, 2.45) is 5.92 Å². The Balaban J connectivity index is 2.26. The Morgan fingerprint density at radius 1 is 1.12 bits per heavy atom. The molecule has 0 aliphatic heterocycles. The van der Waals surface area contributed by atoms with Gasteiger partial charge in [0, 0.05) is 0 Å². The molecule has 0 heterocycles. The van der Waals surface area contributed by atoms with Crippen molar-refractivity contribution in [1.29, 1.82) is 0 Å².